The number of nitrogens with zero attached hydrogens (tertiary/aromatic N) is 1. The van der Waals surface area contributed by atoms with Crippen molar-refractivity contribution in [3.8, 4) is 10.6 Å². The largest absolute Gasteiger partial charge is 0.312 e. The zero-order valence-corrected chi connectivity index (χ0v) is 15.7. The maximum absolute atomic E-state index is 5.53. The molecule has 1 heterocycles. The standard InChI is InChI=1S/C18H26ClN3S/c1-18(2,3)21-11-5-4-6-14-7-9-15(10-8-14)17-20-12-16(23-17)13-22-19/h7-10,12,21-22H,4-6,11,13H2,1-3H3. The van der Waals surface area contributed by atoms with E-state index in [9.17, 15) is 0 Å². The van der Waals surface area contributed by atoms with E-state index in [2.05, 4.69) is 60.2 Å². The van der Waals surface area contributed by atoms with E-state index in [1.807, 2.05) is 6.20 Å². The highest BCUT2D eigenvalue weighted by molar-refractivity contribution is 7.15. The number of hydrogen-bond acceptors (Lipinski definition) is 4. The minimum absolute atomic E-state index is 0.215. The quantitative estimate of drug-likeness (QED) is 0.531. The highest BCUT2D eigenvalue weighted by Crippen LogP contribution is 2.25. The lowest BCUT2D eigenvalue weighted by molar-refractivity contribution is 0.419. The molecule has 23 heavy (non-hydrogen) atoms. The van der Waals surface area contributed by atoms with Gasteiger partial charge in [0.2, 0.25) is 0 Å². The third-order valence-electron chi connectivity index (χ3n) is 3.54. The minimum atomic E-state index is 0.215. The van der Waals surface area contributed by atoms with Crippen molar-refractivity contribution in [2.45, 2.75) is 52.1 Å². The molecule has 0 aliphatic heterocycles. The fourth-order valence-corrected chi connectivity index (χ4v) is 3.40. The lowest BCUT2D eigenvalue weighted by Crippen LogP contribution is -2.36. The monoisotopic (exact) mass is 351 g/mol. The van der Waals surface area contributed by atoms with Gasteiger partial charge < -0.3 is 5.32 Å². The van der Waals surface area contributed by atoms with Crippen LogP contribution in [0.4, 0.5) is 0 Å². The number of thiazole rings is 1. The fraction of sp³-hybridized carbons (Fsp3) is 0.500. The van der Waals surface area contributed by atoms with Gasteiger partial charge in [0.25, 0.3) is 0 Å². The van der Waals surface area contributed by atoms with E-state index in [-0.39, 0.29) is 5.54 Å². The number of rotatable bonds is 8. The Morgan fingerprint density at radius 1 is 1.13 bits per heavy atom. The Morgan fingerprint density at radius 2 is 1.87 bits per heavy atom. The third-order valence-corrected chi connectivity index (χ3v) is 4.72. The molecule has 1 aromatic carbocycles. The van der Waals surface area contributed by atoms with Crippen molar-refractivity contribution in [3.63, 3.8) is 0 Å². The van der Waals surface area contributed by atoms with Gasteiger partial charge in [-0.15, -0.1) is 11.3 Å². The molecule has 2 aromatic rings. The molecular weight excluding hydrogens is 326 g/mol. The van der Waals surface area contributed by atoms with Crippen molar-refractivity contribution in [2.75, 3.05) is 6.54 Å². The summed E-state index contributed by atoms with van der Waals surface area (Å²) in [5, 5.41) is 4.58. The summed E-state index contributed by atoms with van der Waals surface area (Å²) in [5.41, 5.74) is 2.78. The molecule has 126 valence electrons. The lowest BCUT2D eigenvalue weighted by Gasteiger charge is -2.20. The number of hydrogen-bond donors (Lipinski definition) is 2. The first-order chi connectivity index (χ1) is 11.0. The maximum Gasteiger partial charge on any atom is 0.123 e. The van der Waals surface area contributed by atoms with Crippen molar-refractivity contribution >= 4 is 23.1 Å². The third kappa shape index (κ3) is 6.60. The fourth-order valence-electron chi connectivity index (χ4n) is 2.32. The highest BCUT2D eigenvalue weighted by Gasteiger charge is 2.07. The van der Waals surface area contributed by atoms with Crippen LogP contribution in [0.15, 0.2) is 30.5 Å². The predicted octanol–water partition coefficient (Wildman–Crippen LogP) is 4.76. The molecule has 5 heteroatoms. The average molecular weight is 352 g/mol. The molecule has 0 spiro atoms. The Balaban J connectivity index is 1.80. The first kappa shape index (κ1) is 18.4. The van der Waals surface area contributed by atoms with Crippen LogP contribution in [-0.2, 0) is 13.0 Å². The van der Waals surface area contributed by atoms with Crippen molar-refractivity contribution in [1.29, 1.82) is 0 Å². The second kappa shape index (κ2) is 8.78. The molecule has 0 saturated carbocycles. The zero-order valence-electron chi connectivity index (χ0n) is 14.2. The molecule has 0 amide bonds. The number of aromatic nitrogens is 1. The van der Waals surface area contributed by atoms with Gasteiger partial charge in [0.1, 0.15) is 5.01 Å². The van der Waals surface area contributed by atoms with Crippen LogP contribution >= 0.6 is 23.1 Å². The predicted molar refractivity (Wildman–Crippen MR) is 101 cm³/mol. The molecular formula is C18H26ClN3S. The van der Waals surface area contributed by atoms with Gasteiger partial charge in [0.15, 0.2) is 0 Å². The molecule has 0 aliphatic rings. The number of halogens is 1. The van der Waals surface area contributed by atoms with Gasteiger partial charge in [-0.3, -0.25) is 0 Å². The van der Waals surface area contributed by atoms with E-state index in [1.54, 1.807) is 11.3 Å². The summed E-state index contributed by atoms with van der Waals surface area (Å²) in [4.78, 5) is 8.24. The second-order valence-corrected chi connectivity index (χ2v) is 8.16. The van der Waals surface area contributed by atoms with Gasteiger partial charge in [-0.05, 0) is 63.9 Å². The van der Waals surface area contributed by atoms with Gasteiger partial charge in [0.05, 0.1) is 0 Å². The summed E-state index contributed by atoms with van der Waals surface area (Å²) in [5.74, 6) is 0. The molecule has 0 aliphatic carbocycles. The van der Waals surface area contributed by atoms with Gasteiger partial charge >= 0.3 is 0 Å². The van der Waals surface area contributed by atoms with E-state index in [4.69, 9.17) is 11.8 Å². The Kier molecular flexibility index (Phi) is 7.03. The molecule has 3 nitrogen and oxygen atoms in total. The van der Waals surface area contributed by atoms with Crippen LogP contribution in [0.3, 0.4) is 0 Å². The van der Waals surface area contributed by atoms with Gasteiger partial charge in [-0.25, -0.2) is 9.82 Å². The van der Waals surface area contributed by atoms with Gasteiger partial charge in [-0.2, -0.15) is 0 Å². The number of benzene rings is 1. The molecule has 0 unspecified atom stereocenters. The molecule has 0 bridgehead atoms. The zero-order chi connectivity index (χ0) is 16.7. The molecule has 0 radical (unpaired) electrons. The molecule has 0 atom stereocenters. The molecule has 2 rings (SSSR count). The van der Waals surface area contributed by atoms with Crippen molar-refractivity contribution in [1.82, 2.24) is 15.1 Å². The van der Waals surface area contributed by atoms with Crippen LogP contribution in [0.1, 0.15) is 44.1 Å². The molecule has 2 N–H and O–H groups in total. The summed E-state index contributed by atoms with van der Waals surface area (Å²) in [6.07, 6.45) is 5.43. The Bertz CT molecular complexity index is 587. The van der Waals surface area contributed by atoms with Crippen LogP contribution in [0.5, 0.6) is 0 Å². The first-order valence-electron chi connectivity index (χ1n) is 8.10. The SMILES string of the molecule is CC(C)(C)NCCCCc1ccc(-c2ncc(CNCl)s2)cc1. The number of unbranched alkanes of at least 4 members (excludes halogenated alkanes) is 1. The minimum Gasteiger partial charge on any atom is -0.312 e. The van der Waals surface area contributed by atoms with E-state index < -0.39 is 0 Å². The Morgan fingerprint density at radius 3 is 2.52 bits per heavy atom. The summed E-state index contributed by atoms with van der Waals surface area (Å²) >= 11 is 7.21. The summed E-state index contributed by atoms with van der Waals surface area (Å²) < 4.78 is 0. The van der Waals surface area contributed by atoms with Crippen molar-refractivity contribution < 1.29 is 0 Å². The lowest BCUT2D eigenvalue weighted by atomic mass is 10.1. The number of nitrogens with one attached hydrogen (secondary N) is 2. The van der Waals surface area contributed by atoms with Crippen LogP contribution in [-0.4, -0.2) is 17.1 Å². The Labute approximate surface area is 148 Å². The Hall–Kier alpha value is -0.940. The summed E-state index contributed by atoms with van der Waals surface area (Å²) in [7, 11) is 0. The van der Waals surface area contributed by atoms with Crippen LogP contribution in [0.25, 0.3) is 10.6 Å². The number of aryl methyl sites for hydroxylation is 1. The highest BCUT2D eigenvalue weighted by atomic mass is 35.5. The van der Waals surface area contributed by atoms with E-state index in [0.717, 1.165) is 22.9 Å². The topological polar surface area (TPSA) is 37.0 Å². The summed E-state index contributed by atoms with van der Waals surface area (Å²) in [6, 6.07) is 8.76. The second-order valence-electron chi connectivity index (χ2n) is 6.77. The van der Waals surface area contributed by atoms with Gasteiger partial charge in [0, 0.05) is 28.7 Å². The molecule has 1 aromatic heterocycles. The van der Waals surface area contributed by atoms with Crippen LogP contribution < -0.4 is 10.2 Å². The smallest absolute Gasteiger partial charge is 0.123 e. The van der Waals surface area contributed by atoms with Crippen molar-refractivity contribution in [3.05, 3.63) is 40.9 Å². The average Bonchev–Trinajstić information content (AvgIpc) is 2.95. The maximum atomic E-state index is 5.53. The van der Waals surface area contributed by atoms with Crippen LogP contribution in [0.2, 0.25) is 0 Å². The van der Waals surface area contributed by atoms with E-state index in [0.29, 0.717) is 6.54 Å². The normalized spacial score (nSPS) is 11.8. The van der Waals surface area contributed by atoms with E-state index >= 15 is 0 Å². The van der Waals surface area contributed by atoms with E-state index in [1.165, 1.54) is 24.0 Å². The molecule has 0 saturated heterocycles. The summed E-state index contributed by atoms with van der Waals surface area (Å²) in [6.45, 7) is 8.36. The molecule has 0 fully saturated rings. The van der Waals surface area contributed by atoms with Crippen LogP contribution in [0, 0.1) is 0 Å². The van der Waals surface area contributed by atoms with Crippen molar-refractivity contribution in [2.24, 2.45) is 0 Å². The van der Waals surface area contributed by atoms with Gasteiger partial charge in [-0.1, -0.05) is 24.3 Å². The first-order valence-corrected chi connectivity index (χ1v) is 9.30.